The third-order valence-corrected chi connectivity index (χ3v) is 9.33. The van der Waals surface area contributed by atoms with Gasteiger partial charge >= 0.3 is 5.97 Å². The average molecular weight is 704 g/mol. The number of carbonyl (C=O) groups excluding carboxylic acids is 8. The molecular weight excluding hydrogens is 658 g/mol. The van der Waals surface area contributed by atoms with E-state index in [1.165, 1.54) is 0 Å². The number of imide groups is 1. The molecule has 3 N–H and O–H groups in total. The first-order valence-corrected chi connectivity index (χ1v) is 17.2. The fourth-order valence-corrected chi connectivity index (χ4v) is 6.16. The Morgan fingerprint density at radius 3 is 2.06 bits per heavy atom. The summed E-state index contributed by atoms with van der Waals surface area (Å²) >= 11 is 0. The highest BCUT2D eigenvalue weighted by molar-refractivity contribution is 6.09. The van der Waals surface area contributed by atoms with E-state index in [1.54, 1.807) is 53.4 Å². The first kappa shape index (κ1) is 38.4. The first-order valence-electron chi connectivity index (χ1n) is 17.2. The van der Waals surface area contributed by atoms with Crippen molar-refractivity contribution in [3.8, 4) is 0 Å². The standard InChI is InChI=1S/C37H45N5O9/c1-4-37(3,36(50)40-23-39-35(49)27-14-12-26(13-15-27)34(48)25-9-6-5-7-10-25)21-28(41-18-8-11-30(41)44)19-24(2)22-38-29(43)20-33(47)51-42-31(45)16-17-32(42)46/h5-7,9-10,12-15,24,28H,4,8,11,16-23H2,1-3H3,(H,38,43)(H,39,49)(H,40,50). The van der Waals surface area contributed by atoms with Gasteiger partial charge in [0.15, 0.2) is 5.78 Å². The Morgan fingerprint density at radius 2 is 1.45 bits per heavy atom. The van der Waals surface area contributed by atoms with Gasteiger partial charge in [0.05, 0.1) is 6.67 Å². The summed E-state index contributed by atoms with van der Waals surface area (Å²) in [4.78, 5) is 106. The Hall–Kier alpha value is -5.40. The molecule has 2 aromatic carbocycles. The lowest BCUT2D eigenvalue weighted by Crippen LogP contribution is -2.48. The van der Waals surface area contributed by atoms with Crippen molar-refractivity contribution in [1.82, 2.24) is 25.9 Å². The first-order chi connectivity index (χ1) is 24.3. The number of rotatable bonds is 17. The summed E-state index contributed by atoms with van der Waals surface area (Å²) < 4.78 is 0. The second kappa shape index (κ2) is 17.5. The molecule has 2 fully saturated rings. The van der Waals surface area contributed by atoms with Gasteiger partial charge in [-0.05, 0) is 43.7 Å². The van der Waals surface area contributed by atoms with Crippen LogP contribution in [0.2, 0.25) is 0 Å². The maximum absolute atomic E-state index is 13.5. The van der Waals surface area contributed by atoms with E-state index in [9.17, 15) is 38.4 Å². The number of nitrogens with one attached hydrogen (secondary N) is 3. The van der Waals surface area contributed by atoms with Gasteiger partial charge in [0.25, 0.3) is 17.7 Å². The number of amides is 6. The lowest BCUT2D eigenvalue weighted by Gasteiger charge is -2.37. The average Bonchev–Trinajstić information content (AvgIpc) is 3.70. The molecule has 3 atom stereocenters. The largest absolute Gasteiger partial charge is 0.355 e. The summed E-state index contributed by atoms with van der Waals surface area (Å²) in [5, 5.41) is 8.55. The molecule has 0 spiro atoms. The van der Waals surface area contributed by atoms with E-state index in [0.717, 1.165) is 0 Å². The normalized spacial score (nSPS) is 16.6. The van der Waals surface area contributed by atoms with Crippen molar-refractivity contribution in [1.29, 1.82) is 0 Å². The number of hydrogen-bond acceptors (Lipinski definition) is 9. The third kappa shape index (κ3) is 10.3. The number of likely N-dealkylation sites (tertiary alicyclic amines) is 1. The van der Waals surface area contributed by atoms with Crippen molar-refractivity contribution >= 4 is 47.2 Å². The Balaban J connectivity index is 1.28. The minimum absolute atomic E-state index is 0.00685. The molecular formula is C37H45N5O9. The smallest absolute Gasteiger partial charge is 0.342 e. The maximum Gasteiger partial charge on any atom is 0.342 e. The molecule has 2 aliphatic rings. The molecule has 14 heteroatoms. The van der Waals surface area contributed by atoms with Gasteiger partial charge in [0, 0.05) is 60.5 Å². The Kier molecular flexibility index (Phi) is 13.2. The van der Waals surface area contributed by atoms with Crippen LogP contribution in [0.15, 0.2) is 54.6 Å². The molecule has 51 heavy (non-hydrogen) atoms. The lowest BCUT2D eigenvalue weighted by molar-refractivity contribution is -0.197. The molecule has 2 aromatic rings. The van der Waals surface area contributed by atoms with E-state index < -0.39 is 41.4 Å². The van der Waals surface area contributed by atoms with Crippen LogP contribution in [0.4, 0.5) is 0 Å². The summed E-state index contributed by atoms with van der Waals surface area (Å²) in [7, 11) is 0. The summed E-state index contributed by atoms with van der Waals surface area (Å²) in [5.41, 5.74) is 0.424. The molecule has 0 aromatic heterocycles. The number of hydroxylamine groups is 2. The molecule has 2 heterocycles. The van der Waals surface area contributed by atoms with Crippen LogP contribution in [0, 0.1) is 11.3 Å². The van der Waals surface area contributed by atoms with Crippen LogP contribution in [0.5, 0.6) is 0 Å². The number of ketones is 1. The van der Waals surface area contributed by atoms with Gasteiger partial charge in [-0.15, -0.1) is 5.06 Å². The van der Waals surface area contributed by atoms with Gasteiger partial charge in [-0.2, -0.15) is 0 Å². The van der Waals surface area contributed by atoms with Crippen LogP contribution < -0.4 is 16.0 Å². The van der Waals surface area contributed by atoms with E-state index in [1.807, 2.05) is 26.8 Å². The predicted octanol–water partition coefficient (Wildman–Crippen LogP) is 2.66. The minimum Gasteiger partial charge on any atom is -0.355 e. The Labute approximate surface area is 296 Å². The van der Waals surface area contributed by atoms with Crippen LogP contribution in [0.1, 0.15) is 98.4 Å². The number of nitrogens with zero attached hydrogens (tertiary/aromatic N) is 2. The van der Waals surface area contributed by atoms with Gasteiger partial charge in [0.2, 0.25) is 17.7 Å². The molecule has 4 rings (SSSR count). The summed E-state index contributed by atoms with van der Waals surface area (Å²) in [5.74, 6) is -3.97. The zero-order chi connectivity index (χ0) is 37.1. The van der Waals surface area contributed by atoms with E-state index in [4.69, 9.17) is 4.84 Å². The van der Waals surface area contributed by atoms with E-state index in [0.29, 0.717) is 60.4 Å². The molecule has 2 aliphatic heterocycles. The van der Waals surface area contributed by atoms with Crippen molar-refractivity contribution in [2.45, 2.75) is 78.2 Å². The molecule has 0 radical (unpaired) electrons. The molecule has 0 aliphatic carbocycles. The van der Waals surface area contributed by atoms with Gasteiger partial charge in [-0.25, -0.2) is 4.79 Å². The minimum atomic E-state index is -1.03. The molecule has 6 amide bonds. The summed E-state index contributed by atoms with van der Waals surface area (Å²) in [6, 6.07) is 14.8. The monoisotopic (exact) mass is 703 g/mol. The summed E-state index contributed by atoms with van der Waals surface area (Å²) in [6.45, 7) is 6.18. The van der Waals surface area contributed by atoms with Crippen molar-refractivity contribution in [2.75, 3.05) is 19.8 Å². The van der Waals surface area contributed by atoms with Crippen LogP contribution >= 0.6 is 0 Å². The predicted molar refractivity (Wildman–Crippen MR) is 183 cm³/mol. The van der Waals surface area contributed by atoms with Crippen LogP contribution in [-0.4, -0.2) is 83.0 Å². The van der Waals surface area contributed by atoms with Crippen molar-refractivity contribution < 1.29 is 43.2 Å². The Bertz CT molecular complexity index is 1630. The van der Waals surface area contributed by atoms with Gasteiger partial charge in [-0.3, -0.25) is 33.6 Å². The molecule has 2 saturated heterocycles. The number of carbonyl (C=O) groups is 8. The lowest BCUT2D eigenvalue weighted by atomic mass is 9.78. The van der Waals surface area contributed by atoms with Crippen LogP contribution in [-0.2, 0) is 33.6 Å². The SMILES string of the molecule is CCC(C)(CC(CC(C)CNC(=O)CC(=O)ON1C(=O)CCC1=O)N1CCCC1=O)C(=O)NCNC(=O)c1ccc(C(=O)c2ccccc2)cc1. The van der Waals surface area contributed by atoms with Crippen LogP contribution in [0.3, 0.4) is 0 Å². The highest BCUT2D eigenvalue weighted by Gasteiger charge is 2.39. The zero-order valence-corrected chi connectivity index (χ0v) is 29.2. The highest BCUT2D eigenvalue weighted by Crippen LogP contribution is 2.33. The molecule has 3 unspecified atom stereocenters. The van der Waals surface area contributed by atoms with E-state index >= 15 is 0 Å². The second-order valence-corrected chi connectivity index (χ2v) is 13.3. The van der Waals surface area contributed by atoms with Crippen molar-refractivity contribution in [2.24, 2.45) is 11.3 Å². The topological polar surface area (TPSA) is 188 Å². The molecule has 0 saturated carbocycles. The zero-order valence-electron chi connectivity index (χ0n) is 29.2. The fraction of sp³-hybridized carbons (Fsp3) is 0.459. The number of benzene rings is 2. The highest BCUT2D eigenvalue weighted by atomic mass is 16.7. The van der Waals surface area contributed by atoms with Crippen LogP contribution in [0.25, 0.3) is 0 Å². The number of hydrogen-bond donors (Lipinski definition) is 3. The van der Waals surface area contributed by atoms with Crippen molar-refractivity contribution in [3.63, 3.8) is 0 Å². The molecule has 14 nitrogen and oxygen atoms in total. The van der Waals surface area contributed by atoms with E-state index in [-0.39, 0.29) is 55.6 Å². The summed E-state index contributed by atoms with van der Waals surface area (Å²) in [6.07, 6.45) is 1.59. The van der Waals surface area contributed by atoms with Gasteiger partial charge in [0.1, 0.15) is 6.42 Å². The maximum atomic E-state index is 13.5. The molecule has 272 valence electrons. The third-order valence-electron chi connectivity index (χ3n) is 9.33. The molecule has 0 bridgehead atoms. The quantitative estimate of drug-likeness (QED) is 0.0963. The van der Waals surface area contributed by atoms with Gasteiger partial charge < -0.3 is 25.7 Å². The van der Waals surface area contributed by atoms with Crippen molar-refractivity contribution in [3.05, 3.63) is 71.3 Å². The van der Waals surface area contributed by atoms with E-state index in [2.05, 4.69) is 16.0 Å². The fourth-order valence-electron chi connectivity index (χ4n) is 6.16. The Morgan fingerprint density at radius 1 is 0.824 bits per heavy atom. The second-order valence-electron chi connectivity index (χ2n) is 13.3. The van der Waals surface area contributed by atoms with Gasteiger partial charge in [-0.1, -0.05) is 63.2 Å².